The van der Waals surface area contributed by atoms with Gasteiger partial charge in [0.25, 0.3) is 0 Å². The first-order valence-electron chi connectivity index (χ1n) is 3.09. The van der Waals surface area contributed by atoms with Crippen molar-refractivity contribution in [3.63, 3.8) is 0 Å². The molecule has 0 spiro atoms. The second-order valence-electron chi connectivity index (χ2n) is 2.11. The highest BCUT2D eigenvalue weighted by molar-refractivity contribution is 6.43. The van der Waals surface area contributed by atoms with E-state index in [2.05, 4.69) is 0 Å². The van der Waals surface area contributed by atoms with E-state index >= 15 is 0 Å². The molecule has 0 aromatic heterocycles. The van der Waals surface area contributed by atoms with Crippen LogP contribution in [0.15, 0.2) is 0 Å². The summed E-state index contributed by atoms with van der Waals surface area (Å²) in [5, 5.41) is 0. The fourth-order valence-electron chi connectivity index (χ4n) is 0.866. The van der Waals surface area contributed by atoms with Crippen LogP contribution in [0.1, 0.15) is 0 Å². The summed E-state index contributed by atoms with van der Waals surface area (Å²) < 4.78 is 15.2. The average Bonchev–Trinajstić information content (AvgIpc) is 2.17. The van der Waals surface area contributed by atoms with Gasteiger partial charge in [-0.1, -0.05) is 0 Å². The normalized spacial score (nSPS) is 27.3. The Morgan fingerprint density at radius 1 is 1.78 bits per heavy atom. The van der Waals surface area contributed by atoms with Gasteiger partial charge in [0.2, 0.25) is 0 Å². The summed E-state index contributed by atoms with van der Waals surface area (Å²) in [5.74, 6) is 0. The summed E-state index contributed by atoms with van der Waals surface area (Å²) in [4.78, 5) is 0. The van der Waals surface area contributed by atoms with Crippen molar-refractivity contribution in [2.24, 2.45) is 0 Å². The lowest BCUT2D eigenvalue weighted by Crippen LogP contribution is -2.18. The molecule has 52 valence electrons. The van der Waals surface area contributed by atoms with Crippen molar-refractivity contribution in [2.75, 3.05) is 20.3 Å². The molecule has 0 aliphatic carbocycles. The molecule has 1 atom stereocenters. The fourth-order valence-corrected chi connectivity index (χ4v) is 0.866. The molecule has 9 heavy (non-hydrogen) atoms. The van der Waals surface area contributed by atoms with Crippen molar-refractivity contribution in [1.29, 1.82) is 0 Å². The predicted molar refractivity (Wildman–Crippen MR) is 34.3 cm³/mol. The topological polar surface area (TPSA) is 27.7 Å². The summed E-state index contributed by atoms with van der Waals surface area (Å²) in [5.41, 5.74) is 0. The highest BCUT2D eigenvalue weighted by Crippen LogP contribution is 2.06. The van der Waals surface area contributed by atoms with Crippen LogP contribution in [0.25, 0.3) is 0 Å². The van der Waals surface area contributed by atoms with Gasteiger partial charge in [0.1, 0.15) is 0 Å². The quantitative estimate of drug-likeness (QED) is 0.498. The average molecular weight is 130 g/mol. The van der Waals surface area contributed by atoms with E-state index in [0.29, 0.717) is 13.2 Å². The highest BCUT2D eigenvalue weighted by atomic mass is 16.7. The van der Waals surface area contributed by atoms with E-state index in [1.807, 2.05) is 6.82 Å². The van der Waals surface area contributed by atoms with Gasteiger partial charge >= 0.3 is 7.12 Å². The van der Waals surface area contributed by atoms with Crippen LogP contribution in [0.2, 0.25) is 6.82 Å². The van der Waals surface area contributed by atoms with Gasteiger partial charge in [0, 0.05) is 7.11 Å². The van der Waals surface area contributed by atoms with Crippen molar-refractivity contribution in [3.8, 4) is 0 Å². The molecule has 4 heteroatoms. The minimum atomic E-state index is -0.0508. The molecule has 1 fully saturated rings. The molecule has 0 N–H and O–H groups in total. The number of ether oxygens (including phenoxy) is 1. The standard InChI is InChI=1S/C5H11BO3/c1-6-8-4-5(9-6)3-7-2/h5H,3-4H2,1-2H3. The zero-order chi connectivity index (χ0) is 6.69. The zero-order valence-corrected chi connectivity index (χ0v) is 5.79. The van der Waals surface area contributed by atoms with Crippen LogP contribution < -0.4 is 0 Å². The smallest absolute Gasteiger partial charge is 0.409 e. The Labute approximate surface area is 55.4 Å². The van der Waals surface area contributed by atoms with Crippen LogP contribution in [0.4, 0.5) is 0 Å². The predicted octanol–water partition coefficient (Wildman–Crippen LogP) is 0.166. The lowest BCUT2D eigenvalue weighted by atomic mass is 9.97. The Hall–Kier alpha value is -0.0551. The van der Waals surface area contributed by atoms with Crippen LogP contribution in [-0.4, -0.2) is 33.5 Å². The fraction of sp³-hybridized carbons (Fsp3) is 1.00. The molecule has 1 aliphatic rings. The van der Waals surface area contributed by atoms with E-state index in [4.69, 9.17) is 14.0 Å². The van der Waals surface area contributed by atoms with Crippen LogP contribution in [0.5, 0.6) is 0 Å². The Bertz CT molecular complexity index is 86.3. The summed E-state index contributed by atoms with van der Waals surface area (Å²) in [6.45, 7) is 3.18. The molecule has 0 bridgehead atoms. The summed E-state index contributed by atoms with van der Waals surface area (Å²) in [6.07, 6.45) is 0.144. The van der Waals surface area contributed by atoms with Crippen LogP contribution in [-0.2, 0) is 14.0 Å². The maximum absolute atomic E-state index is 5.25. The zero-order valence-electron chi connectivity index (χ0n) is 5.79. The number of hydrogen-bond acceptors (Lipinski definition) is 3. The SMILES string of the molecule is COCC1COB(C)O1. The minimum Gasteiger partial charge on any atom is -0.409 e. The van der Waals surface area contributed by atoms with E-state index in [-0.39, 0.29) is 13.2 Å². The van der Waals surface area contributed by atoms with Crippen LogP contribution >= 0.6 is 0 Å². The maximum atomic E-state index is 5.25. The van der Waals surface area contributed by atoms with Gasteiger partial charge in [-0.05, 0) is 6.82 Å². The van der Waals surface area contributed by atoms with Crippen molar-refractivity contribution < 1.29 is 14.0 Å². The van der Waals surface area contributed by atoms with E-state index in [0.717, 1.165) is 0 Å². The Morgan fingerprint density at radius 2 is 2.56 bits per heavy atom. The van der Waals surface area contributed by atoms with Crippen LogP contribution in [0.3, 0.4) is 0 Å². The van der Waals surface area contributed by atoms with E-state index in [9.17, 15) is 0 Å². The van der Waals surface area contributed by atoms with Crippen molar-refractivity contribution in [1.82, 2.24) is 0 Å². The molecule has 0 amide bonds. The van der Waals surface area contributed by atoms with E-state index < -0.39 is 0 Å². The highest BCUT2D eigenvalue weighted by Gasteiger charge is 2.25. The van der Waals surface area contributed by atoms with Gasteiger partial charge in [-0.2, -0.15) is 0 Å². The number of methoxy groups -OCH3 is 1. The molecule has 0 aromatic rings. The molecule has 3 nitrogen and oxygen atoms in total. The molecule has 1 aliphatic heterocycles. The first-order chi connectivity index (χ1) is 4.33. The molecule has 1 rings (SSSR count). The second-order valence-corrected chi connectivity index (χ2v) is 2.11. The monoisotopic (exact) mass is 130 g/mol. The molecule has 0 saturated carbocycles. The van der Waals surface area contributed by atoms with Crippen molar-refractivity contribution >= 4 is 7.12 Å². The number of hydrogen-bond donors (Lipinski definition) is 0. The van der Waals surface area contributed by atoms with E-state index in [1.165, 1.54) is 0 Å². The molecular formula is C5H11BO3. The minimum absolute atomic E-state index is 0.0508. The molecule has 1 saturated heterocycles. The van der Waals surface area contributed by atoms with Gasteiger partial charge in [0.05, 0.1) is 19.3 Å². The van der Waals surface area contributed by atoms with Gasteiger partial charge < -0.3 is 14.0 Å². The summed E-state index contributed by atoms with van der Waals surface area (Å²) in [6, 6.07) is 0. The van der Waals surface area contributed by atoms with Gasteiger partial charge in [-0.3, -0.25) is 0 Å². The molecule has 0 aromatic carbocycles. The van der Waals surface area contributed by atoms with Gasteiger partial charge in [-0.15, -0.1) is 0 Å². The van der Waals surface area contributed by atoms with Gasteiger partial charge in [0.15, 0.2) is 0 Å². The second kappa shape index (κ2) is 3.20. The Morgan fingerprint density at radius 3 is 3.00 bits per heavy atom. The number of rotatable bonds is 2. The summed E-state index contributed by atoms with van der Waals surface area (Å²) in [7, 11) is 1.61. The molecule has 1 heterocycles. The Balaban J connectivity index is 2.14. The van der Waals surface area contributed by atoms with Crippen molar-refractivity contribution in [2.45, 2.75) is 12.9 Å². The van der Waals surface area contributed by atoms with Crippen molar-refractivity contribution in [3.05, 3.63) is 0 Å². The first kappa shape index (κ1) is 7.06. The largest absolute Gasteiger partial charge is 0.453 e. The third-order valence-electron chi connectivity index (χ3n) is 1.25. The summed E-state index contributed by atoms with van der Waals surface area (Å²) >= 11 is 0. The lowest BCUT2D eigenvalue weighted by molar-refractivity contribution is 0.0937. The molecule has 0 radical (unpaired) electrons. The molecule has 1 unspecified atom stereocenters. The third-order valence-corrected chi connectivity index (χ3v) is 1.25. The molecular weight excluding hydrogens is 119 g/mol. The Kier molecular flexibility index (Phi) is 2.51. The lowest BCUT2D eigenvalue weighted by Gasteiger charge is -2.05. The van der Waals surface area contributed by atoms with E-state index in [1.54, 1.807) is 7.11 Å². The first-order valence-corrected chi connectivity index (χ1v) is 3.09. The maximum Gasteiger partial charge on any atom is 0.453 e. The van der Waals surface area contributed by atoms with Gasteiger partial charge in [-0.25, -0.2) is 0 Å². The van der Waals surface area contributed by atoms with Crippen LogP contribution in [0, 0.1) is 0 Å². The third kappa shape index (κ3) is 1.97.